The lowest BCUT2D eigenvalue weighted by atomic mass is 10.1. The van der Waals surface area contributed by atoms with Gasteiger partial charge in [0, 0.05) is 24.8 Å². The second kappa shape index (κ2) is 9.94. The standard InChI is InChI=1S/C23H22ClN6O3S2/c24-19-20(31)22(23-26-28-29-27-23)34-21(19)16-7-4-8-18(13-16)25-17-9-11-30(12-10-17)35(32,33)14-15-5-2-1-3-6-15/h1-8,13,17,25H,9-12,14H2,(H,26,27,28,29). The van der Waals surface area contributed by atoms with Crippen molar-refractivity contribution in [2.24, 2.45) is 0 Å². The van der Waals surface area contributed by atoms with E-state index in [2.05, 4.69) is 25.9 Å². The van der Waals surface area contributed by atoms with Crippen molar-refractivity contribution in [3.63, 3.8) is 0 Å². The maximum atomic E-state index is 12.8. The van der Waals surface area contributed by atoms with Crippen LogP contribution in [0.15, 0.2) is 54.6 Å². The number of hydrogen-bond donors (Lipinski definition) is 2. The smallest absolute Gasteiger partial charge is 0.219 e. The van der Waals surface area contributed by atoms with E-state index < -0.39 is 10.0 Å². The molecule has 0 unspecified atom stereocenters. The van der Waals surface area contributed by atoms with Crippen LogP contribution in [-0.2, 0) is 20.9 Å². The lowest BCUT2D eigenvalue weighted by molar-refractivity contribution is 0.329. The first-order chi connectivity index (χ1) is 16.9. The SMILES string of the molecule is [O]c1c(-c2nnn[nH]2)sc(-c2cccc(NC3CCN(S(=O)(=O)Cc4ccccc4)CC3)c2)c1Cl. The number of benzene rings is 2. The van der Waals surface area contributed by atoms with E-state index in [1.165, 1.54) is 11.3 Å². The number of piperidine rings is 1. The molecule has 1 aliphatic rings. The van der Waals surface area contributed by atoms with Crippen LogP contribution in [0.3, 0.4) is 0 Å². The van der Waals surface area contributed by atoms with Crippen molar-refractivity contribution < 1.29 is 13.5 Å². The molecule has 0 saturated carbocycles. The molecule has 2 aromatic heterocycles. The lowest BCUT2D eigenvalue weighted by Crippen LogP contribution is -2.42. The molecular weight excluding hydrogens is 508 g/mol. The Hall–Kier alpha value is -2.99. The van der Waals surface area contributed by atoms with E-state index >= 15 is 0 Å². The Morgan fingerprint density at radius 3 is 2.57 bits per heavy atom. The van der Waals surface area contributed by atoms with Gasteiger partial charge in [0.1, 0.15) is 9.90 Å². The van der Waals surface area contributed by atoms with E-state index in [4.69, 9.17) is 11.6 Å². The minimum absolute atomic E-state index is 0.0172. The number of thiophene rings is 1. The molecule has 4 aromatic rings. The van der Waals surface area contributed by atoms with E-state index in [0.29, 0.717) is 35.7 Å². The summed E-state index contributed by atoms with van der Waals surface area (Å²) in [6.07, 6.45) is 1.40. The molecule has 0 spiro atoms. The first-order valence-corrected chi connectivity index (χ1v) is 13.8. The minimum Gasteiger partial charge on any atom is -0.382 e. The van der Waals surface area contributed by atoms with Crippen LogP contribution >= 0.6 is 22.9 Å². The Morgan fingerprint density at radius 1 is 1.09 bits per heavy atom. The molecule has 1 fully saturated rings. The van der Waals surface area contributed by atoms with Gasteiger partial charge in [-0.2, -0.15) is 0 Å². The van der Waals surface area contributed by atoms with Gasteiger partial charge in [0.2, 0.25) is 15.8 Å². The Labute approximate surface area is 211 Å². The summed E-state index contributed by atoms with van der Waals surface area (Å²) in [4.78, 5) is 1.01. The third kappa shape index (κ3) is 5.18. The predicted molar refractivity (Wildman–Crippen MR) is 135 cm³/mol. The summed E-state index contributed by atoms with van der Waals surface area (Å²) in [5.41, 5.74) is 2.48. The Kier molecular flexibility index (Phi) is 6.74. The van der Waals surface area contributed by atoms with Gasteiger partial charge in [-0.1, -0.05) is 54.1 Å². The number of halogens is 1. The van der Waals surface area contributed by atoms with Crippen molar-refractivity contribution in [2.45, 2.75) is 24.6 Å². The van der Waals surface area contributed by atoms with Crippen LogP contribution in [0.25, 0.3) is 21.1 Å². The van der Waals surface area contributed by atoms with E-state index in [1.807, 2.05) is 54.6 Å². The zero-order valence-electron chi connectivity index (χ0n) is 18.5. The van der Waals surface area contributed by atoms with Gasteiger partial charge >= 0.3 is 0 Å². The van der Waals surface area contributed by atoms with Crippen LogP contribution in [-0.4, -0.2) is 52.5 Å². The fourth-order valence-electron chi connectivity index (χ4n) is 4.13. The van der Waals surface area contributed by atoms with Crippen LogP contribution in [0, 0.1) is 0 Å². The number of nitrogens with one attached hydrogen (secondary N) is 2. The maximum absolute atomic E-state index is 12.8. The maximum Gasteiger partial charge on any atom is 0.219 e. The molecule has 3 heterocycles. The average Bonchev–Trinajstić information content (AvgIpc) is 3.49. The van der Waals surface area contributed by atoms with Gasteiger partial charge in [-0.15, -0.1) is 16.4 Å². The minimum atomic E-state index is -3.35. The molecule has 181 valence electrons. The molecular formula is C23H22ClN6O3S2. The summed E-state index contributed by atoms with van der Waals surface area (Å²) in [6, 6.07) is 17.1. The number of H-pyrrole nitrogens is 1. The van der Waals surface area contributed by atoms with Gasteiger partial charge in [-0.3, -0.25) is 5.11 Å². The van der Waals surface area contributed by atoms with E-state index in [9.17, 15) is 13.5 Å². The summed E-state index contributed by atoms with van der Waals surface area (Å²) in [5.74, 6) is -0.00677. The fraction of sp³-hybridized carbons (Fsp3) is 0.261. The second-order valence-corrected chi connectivity index (χ2v) is 11.7. The molecule has 0 amide bonds. The highest BCUT2D eigenvalue weighted by Crippen LogP contribution is 2.49. The van der Waals surface area contributed by atoms with E-state index in [-0.39, 0.29) is 28.4 Å². The van der Waals surface area contributed by atoms with Crippen molar-refractivity contribution in [2.75, 3.05) is 18.4 Å². The fourth-order valence-corrected chi connectivity index (χ4v) is 7.08. The van der Waals surface area contributed by atoms with Gasteiger partial charge < -0.3 is 5.32 Å². The Balaban J connectivity index is 1.25. The number of sulfonamides is 1. The summed E-state index contributed by atoms with van der Waals surface area (Å²) >= 11 is 7.59. The van der Waals surface area contributed by atoms with E-state index in [1.54, 1.807) is 4.31 Å². The predicted octanol–water partition coefficient (Wildman–Crippen LogP) is 4.80. The van der Waals surface area contributed by atoms with E-state index in [0.717, 1.165) is 16.8 Å². The normalized spacial score (nSPS) is 15.3. The monoisotopic (exact) mass is 529 g/mol. The van der Waals surface area contributed by atoms with Gasteiger partial charge in [0.25, 0.3) is 0 Å². The highest BCUT2D eigenvalue weighted by atomic mass is 35.5. The zero-order valence-corrected chi connectivity index (χ0v) is 20.9. The molecule has 35 heavy (non-hydrogen) atoms. The molecule has 1 radical (unpaired) electrons. The highest BCUT2D eigenvalue weighted by molar-refractivity contribution is 7.88. The molecule has 1 aliphatic heterocycles. The first kappa shape index (κ1) is 23.7. The average molecular weight is 530 g/mol. The number of hydrogen-bond acceptors (Lipinski definition) is 7. The first-order valence-electron chi connectivity index (χ1n) is 11.0. The van der Waals surface area contributed by atoms with Crippen LogP contribution in [0.5, 0.6) is 5.75 Å². The second-order valence-electron chi connectivity index (χ2n) is 8.29. The van der Waals surface area contributed by atoms with Gasteiger partial charge in [-0.25, -0.2) is 17.8 Å². The summed E-state index contributed by atoms with van der Waals surface area (Å²) in [5, 5.41) is 29.7. The van der Waals surface area contributed by atoms with Gasteiger partial charge in [0.05, 0.1) is 10.6 Å². The number of aromatic nitrogens is 4. The summed E-state index contributed by atoms with van der Waals surface area (Å²) in [6.45, 7) is 0.939. The van der Waals surface area contributed by atoms with Crippen molar-refractivity contribution in [3.8, 4) is 26.9 Å². The molecule has 0 aliphatic carbocycles. The lowest BCUT2D eigenvalue weighted by Gasteiger charge is -2.32. The molecule has 1 saturated heterocycles. The molecule has 9 nitrogen and oxygen atoms in total. The topological polar surface area (TPSA) is 124 Å². The van der Waals surface area contributed by atoms with Crippen molar-refractivity contribution in [1.82, 2.24) is 24.9 Å². The molecule has 2 aromatic carbocycles. The van der Waals surface area contributed by atoms with Crippen molar-refractivity contribution >= 4 is 38.6 Å². The Morgan fingerprint density at radius 2 is 1.86 bits per heavy atom. The summed E-state index contributed by atoms with van der Waals surface area (Å²) < 4.78 is 27.2. The van der Waals surface area contributed by atoms with Crippen LogP contribution in [0.4, 0.5) is 5.69 Å². The quantitative estimate of drug-likeness (QED) is 0.354. The molecule has 12 heteroatoms. The molecule has 5 rings (SSSR count). The van der Waals surface area contributed by atoms with Gasteiger partial charge in [-0.05, 0) is 46.5 Å². The largest absolute Gasteiger partial charge is 0.382 e. The van der Waals surface area contributed by atoms with Crippen LogP contribution < -0.4 is 5.32 Å². The number of aromatic amines is 1. The zero-order chi connectivity index (χ0) is 24.4. The molecule has 0 bridgehead atoms. The number of anilines is 1. The van der Waals surface area contributed by atoms with Crippen LogP contribution in [0.2, 0.25) is 5.02 Å². The summed E-state index contributed by atoms with van der Waals surface area (Å²) in [7, 11) is -3.35. The number of nitrogens with zero attached hydrogens (tertiary/aromatic N) is 4. The van der Waals surface area contributed by atoms with Crippen molar-refractivity contribution in [1.29, 1.82) is 0 Å². The highest BCUT2D eigenvalue weighted by Gasteiger charge is 2.28. The van der Waals surface area contributed by atoms with Gasteiger partial charge in [0.15, 0.2) is 5.82 Å². The number of rotatable bonds is 7. The third-order valence-electron chi connectivity index (χ3n) is 5.90. The third-order valence-corrected chi connectivity index (χ3v) is 9.45. The molecule has 0 atom stereocenters. The van der Waals surface area contributed by atoms with Crippen LogP contribution in [0.1, 0.15) is 18.4 Å². The molecule has 2 N–H and O–H groups in total. The Bertz CT molecular complexity index is 1400. The number of tetrazole rings is 1. The van der Waals surface area contributed by atoms with Crippen molar-refractivity contribution in [3.05, 3.63) is 65.2 Å².